The first-order valence-corrected chi connectivity index (χ1v) is 10.9. The third kappa shape index (κ3) is 4.53. The number of hydrogen-bond donors (Lipinski definition) is 1. The monoisotopic (exact) mass is 472 g/mol. The van der Waals surface area contributed by atoms with Gasteiger partial charge in [0, 0.05) is 43.0 Å². The molecule has 4 aromatic heterocycles. The molecule has 0 spiro atoms. The average Bonchev–Trinajstić information content (AvgIpc) is 3.35. The second-order valence-corrected chi connectivity index (χ2v) is 8.01. The standard InChI is InChI=1S/C22H23F3N8O/c1-34-19-3-4-20(30-21(19)31-7-2-5-26-6-8-31)33-18-9-17(27-10-15(18)11-29-33)16-12-28-32(13-16)14-22(23,24)25/h3-4,9-13,26H,2,5-8,14H2,1H3. The number of pyridine rings is 2. The van der Waals surface area contributed by atoms with Gasteiger partial charge in [-0.2, -0.15) is 23.4 Å². The molecule has 0 atom stereocenters. The summed E-state index contributed by atoms with van der Waals surface area (Å²) >= 11 is 0. The summed E-state index contributed by atoms with van der Waals surface area (Å²) in [6.07, 6.45) is 2.68. The van der Waals surface area contributed by atoms with Gasteiger partial charge in [-0.3, -0.25) is 9.67 Å². The minimum Gasteiger partial charge on any atom is -0.493 e. The van der Waals surface area contributed by atoms with Crippen LogP contribution in [0.4, 0.5) is 19.0 Å². The molecule has 0 amide bonds. The van der Waals surface area contributed by atoms with Crippen molar-refractivity contribution in [2.45, 2.75) is 19.1 Å². The minimum absolute atomic E-state index is 0.486. The molecule has 1 aliphatic heterocycles. The van der Waals surface area contributed by atoms with Crippen LogP contribution in [0.15, 0.2) is 43.0 Å². The lowest BCUT2D eigenvalue weighted by Gasteiger charge is -2.23. The summed E-state index contributed by atoms with van der Waals surface area (Å²) < 4.78 is 46.2. The summed E-state index contributed by atoms with van der Waals surface area (Å²) in [6, 6.07) is 5.47. The predicted octanol–water partition coefficient (Wildman–Crippen LogP) is 3.05. The molecule has 1 aliphatic rings. The Morgan fingerprint density at radius 3 is 2.79 bits per heavy atom. The molecule has 0 radical (unpaired) electrons. The van der Waals surface area contributed by atoms with Gasteiger partial charge in [-0.15, -0.1) is 0 Å². The highest BCUT2D eigenvalue weighted by Crippen LogP contribution is 2.30. The molecule has 12 heteroatoms. The van der Waals surface area contributed by atoms with Crippen molar-refractivity contribution in [2.75, 3.05) is 38.2 Å². The Kier molecular flexibility index (Phi) is 5.82. The van der Waals surface area contributed by atoms with Crippen LogP contribution in [0.1, 0.15) is 6.42 Å². The highest BCUT2D eigenvalue weighted by atomic mass is 19.4. The summed E-state index contributed by atoms with van der Waals surface area (Å²) in [6.45, 7) is 2.32. The molecular weight excluding hydrogens is 449 g/mol. The zero-order chi connectivity index (χ0) is 23.7. The van der Waals surface area contributed by atoms with Crippen LogP contribution >= 0.6 is 0 Å². The third-order valence-electron chi connectivity index (χ3n) is 5.62. The number of aromatic nitrogens is 6. The predicted molar refractivity (Wildman–Crippen MR) is 120 cm³/mol. The Balaban J connectivity index is 1.51. The molecule has 0 aliphatic carbocycles. The zero-order valence-corrected chi connectivity index (χ0v) is 18.5. The van der Waals surface area contributed by atoms with E-state index in [2.05, 4.69) is 25.4 Å². The van der Waals surface area contributed by atoms with Crippen molar-refractivity contribution in [2.24, 2.45) is 0 Å². The number of fused-ring (bicyclic) bond motifs is 1. The Bertz CT molecular complexity index is 1290. The molecule has 178 valence electrons. The van der Waals surface area contributed by atoms with E-state index in [0.717, 1.165) is 54.0 Å². The SMILES string of the molecule is COc1ccc(-n2ncc3cnc(-c4cnn(CC(F)(F)F)c4)cc32)nc1N1CCCNCC1. The summed E-state index contributed by atoms with van der Waals surface area (Å²) in [4.78, 5) is 11.4. The molecule has 5 heterocycles. The van der Waals surface area contributed by atoms with Crippen LogP contribution in [-0.2, 0) is 6.54 Å². The molecule has 0 aromatic carbocycles. The normalized spacial score (nSPS) is 15.0. The number of anilines is 1. The van der Waals surface area contributed by atoms with Gasteiger partial charge in [0.2, 0.25) is 0 Å². The maximum Gasteiger partial charge on any atom is 0.408 e. The molecular formula is C22H23F3N8O. The number of methoxy groups -OCH3 is 1. The lowest BCUT2D eigenvalue weighted by molar-refractivity contribution is -0.142. The summed E-state index contributed by atoms with van der Waals surface area (Å²) in [5, 5.41) is 12.5. The minimum atomic E-state index is -4.35. The van der Waals surface area contributed by atoms with Gasteiger partial charge in [0.05, 0.1) is 30.7 Å². The highest BCUT2D eigenvalue weighted by molar-refractivity contribution is 5.83. The molecule has 9 nitrogen and oxygen atoms in total. The fourth-order valence-electron chi connectivity index (χ4n) is 4.01. The first-order chi connectivity index (χ1) is 16.4. The van der Waals surface area contributed by atoms with Gasteiger partial charge in [-0.1, -0.05) is 0 Å². The van der Waals surface area contributed by atoms with Crippen LogP contribution in [-0.4, -0.2) is 69.0 Å². The van der Waals surface area contributed by atoms with E-state index in [-0.39, 0.29) is 0 Å². The Labute approximate surface area is 193 Å². The number of rotatable bonds is 5. The van der Waals surface area contributed by atoms with Crippen molar-refractivity contribution in [3.8, 4) is 22.8 Å². The molecule has 4 aromatic rings. The molecule has 0 bridgehead atoms. The molecule has 0 unspecified atom stereocenters. The van der Waals surface area contributed by atoms with E-state index in [4.69, 9.17) is 9.72 Å². The Morgan fingerprint density at radius 1 is 1.09 bits per heavy atom. The van der Waals surface area contributed by atoms with Crippen molar-refractivity contribution in [1.82, 2.24) is 34.8 Å². The van der Waals surface area contributed by atoms with Crippen LogP contribution in [0.5, 0.6) is 5.75 Å². The lowest BCUT2D eigenvalue weighted by Crippen LogP contribution is -2.29. The largest absolute Gasteiger partial charge is 0.493 e. The van der Waals surface area contributed by atoms with E-state index in [1.165, 1.54) is 12.4 Å². The van der Waals surface area contributed by atoms with Crippen LogP contribution in [0.2, 0.25) is 0 Å². The zero-order valence-electron chi connectivity index (χ0n) is 18.5. The number of nitrogens with one attached hydrogen (secondary N) is 1. The van der Waals surface area contributed by atoms with Crippen molar-refractivity contribution in [3.05, 3.63) is 43.0 Å². The molecule has 1 N–H and O–H groups in total. The molecule has 1 saturated heterocycles. The quantitative estimate of drug-likeness (QED) is 0.478. The summed E-state index contributed by atoms with van der Waals surface area (Å²) in [5.41, 5.74) is 1.71. The van der Waals surface area contributed by atoms with E-state index in [1.807, 2.05) is 12.1 Å². The first kappa shape index (κ1) is 22.1. The highest BCUT2D eigenvalue weighted by Gasteiger charge is 2.28. The second-order valence-electron chi connectivity index (χ2n) is 8.01. The Hall–Kier alpha value is -3.67. The maximum absolute atomic E-state index is 12.7. The van der Waals surface area contributed by atoms with Crippen molar-refractivity contribution < 1.29 is 17.9 Å². The van der Waals surface area contributed by atoms with Gasteiger partial charge < -0.3 is 15.0 Å². The van der Waals surface area contributed by atoms with Gasteiger partial charge in [0.25, 0.3) is 0 Å². The van der Waals surface area contributed by atoms with Gasteiger partial charge in [-0.05, 0) is 31.2 Å². The van der Waals surface area contributed by atoms with Crippen LogP contribution in [0, 0.1) is 0 Å². The topological polar surface area (TPSA) is 85.9 Å². The van der Waals surface area contributed by atoms with E-state index in [9.17, 15) is 13.2 Å². The molecule has 0 saturated carbocycles. The van der Waals surface area contributed by atoms with Crippen molar-refractivity contribution in [1.29, 1.82) is 0 Å². The van der Waals surface area contributed by atoms with Crippen LogP contribution in [0.25, 0.3) is 28.0 Å². The smallest absolute Gasteiger partial charge is 0.408 e. The van der Waals surface area contributed by atoms with Crippen LogP contribution < -0.4 is 15.0 Å². The Morgan fingerprint density at radius 2 is 1.97 bits per heavy atom. The maximum atomic E-state index is 12.7. The van der Waals surface area contributed by atoms with E-state index < -0.39 is 12.7 Å². The van der Waals surface area contributed by atoms with Crippen molar-refractivity contribution in [3.63, 3.8) is 0 Å². The number of alkyl halides is 3. The summed E-state index contributed by atoms with van der Waals surface area (Å²) in [7, 11) is 1.62. The number of nitrogens with zero attached hydrogens (tertiary/aromatic N) is 7. The van der Waals surface area contributed by atoms with Gasteiger partial charge in [-0.25, -0.2) is 9.67 Å². The lowest BCUT2D eigenvalue weighted by atomic mass is 10.2. The number of ether oxygens (including phenoxy) is 1. The van der Waals surface area contributed by atoms with Crippen molar-refractivity contribution >= 4 is 16.7 Å². The number of hydrogen-bond acceptors (Lipinski definition) is 7. The first-order valence-electron chi connectivity index (χ1n) is 10.9. The fraction of sp³-hybridized carbons (Fsp3) is 0.364. The average molecular weight is 472 g/mol. The van der Waals surface area contributed by atoms with Gasteiger partial charge in [0.1, 0.15) is 6.54 Å². The second kappa shape index (κ2) is 8.93. The van der Waals surface area contributed by atoms with E-state index in [1.54, 1.807) is 30.3 Å². The van der Waals surface area contributed by atoms with Crippen LogP contribution in [0.3, 0.4) is 0 Å². The van der Waals surface area contributed by atoms with E-state index in [0.29, 0.717) is 22.8 Å². The van der Waals surface area contributed by atoms with Gasteiger partial charge in [0.15, 0.2) is 17.4 Å². The molecule has 34 heavy (non-hydrogen) atoms. The van der Waals surface area contributed by atoms with Gasteiger partial charge >= 0.3 is 6.18 Å². The molecule has 1 fully saturated rings. The molecule has 5 rings (SSSR count). The fourth-order valence-corrected chi connectivity index (χ4v) is 4.01. The summed E-state index contributed by atoms with van der Waals surface area (Å²) in [5.74, 6) is 2.03. The number of halogens is 3. The van der Waals surface area contributed by atoms with E-state index >= 15 is 0 Å². The third-order valence-corrected chi connectivity index (χ3v) is 5.62.